The van der Waals surface area contributed by atoms with Crippen molar-refractivity contribution in [2.75, 3.05) is 39.6 Å². The zero-order chi connectivity index (χ0) is 12.1. The predicted octanol–water partition coefficient (Wildman–Crippen LogP) is -0.517. The minimum Gasteiger partial charge on any atom is -0.391 e. The van der Waals surface area contributed by atoms with Gasteiger partial charge in [0, 0.05) is 13.2 Å². The first-order chi connectivity index (χ1) is 7.66. The van der Waals surface area contributed by atoms with E-state index < -0.39 is 11.6 Å². The Labute approximate surface area is 95.1 Å². The topological polar surface area (TPSA) is 77.4 Å². The van der Waals surface area contributed by atoms with Crippen LogP contribution in [0.25, 0.3) is 0 Å². The number of aliphatic hydroxyl groups is 2. The molecule has 1 aliphatic heterocycles. The van der Waals surface area contributed by atoms with E-state index in [0.29, 0.717) is 13.2 Å². The zero-order valence-electron chi connectivity index (χ0n) is 9.77. The summed E-state index contributed by atoms with van der Waals surface area (Å²) in [6.45, 7) is 3.88. The molecule has 1 fully saturated rings. The molecule has 0 spiro atoms. The molecule has 6 heteroatoms. The summed E-state index contributed by atoms with van der Waals surface area (Å²) in [5, 5.41) is 18.4. The van der Waals surface area contributed by atoms with Crippen LogP contribution in [0.3, 0.4) is 0 Å². The van der Waals surface area contributed by atoms with Gasteiger partial charge in [0.2, 0.25) is 11.6 Å². The average molecular weight is 236 g/mol. The lowest BCUT2D eigenvalue weighted by Gasteiger charge is -2.43. The van der Waals surface area contributed by atoms with Gasteiger partial charge in [-0.3, -0.25) is 0 Å². The van der Waals surface area contributed by atoms with E-state index in [9.17, 15) is 10.2 Å². The largest absolute Gasteiger partial charge is 0.391 e. The van der Waals surface area contributed by atoms with Crippen LogP contribution >= 0.6 is 0 Å². The van der Waals surface area contributed by atoms with Gasteiger partial charge in [0.1, 0.15) is 13.2 Å². The highest BCUT2D eigenvalue weighted by Crippen LogP contribution is 2.27. The molecule has 2 N–H and O–H groups in total. The van der Waals surface area contributed by atoms with Gasteiger partial charge in [-0.05, 0) is 13.8 Å². The van der Waals surface area contributed by atoms with E-state index in [0.717, 1.165) is 0 Å². The maximum Gasteiger partial charge on any atom is 0.216 e. The minimum absolute atomic E-state index is 0.0257. The monoisotopic (exact) mass is 236 g/mol. The molecule has 1 rings (SSSR count). The fourth-order valence-electron chi connectivity index (χ4n) is 1.53. The second-order valence-electron chi connectivity index (χ2n) is 3.58. The third kappa shape index (κ3) is 2.91. The zero-order valence-corrected chi connectivity index (χ0v) is 9.77. The Kier molecular flexibility index (Phi) is 5.10. The van der Waals surface area contributed by atoms with Crippen molar-refractivity contribution in [2.45, 2.75) is 25.4 Å². The summed E-state index contributed by atoms with van der Waals surface area (Å²) in [4.78, 5) is 0. The van der Waals surface area contributed by atoms with E-state index in [-0.39, 0.29) is 26.4 Å². The average Bonchev–Trinajstić information content (AvgIpc) is 2.33. The van der Waals surface area contributed by atoms with Crippen LogP contribution in [0.15, 0.2) is 0 Å². The van der Waals surface area contributed by atoms with E-state index in [4.69, 9.17) is 18.9 Å². The highest BCUT2D eigenvalue weighted by molar-refractivity contribution is 4.80. The Morgan fingerprint density at radius 2 is 1.31 bits per heavy atom. The molecule has 0 unspecified atom stereocenters. The molecule has 0 aromatic heterocycles. The lowest BCUT2D eigenvalue weighted by molar-refractivity contribution is -0.395. The first-order valence-corrected chi connectivity index (χ1v) is 5.43. The summed E-state index contributed by atoms with van der Waals surface area (Å²) < 4.78 is 21.5. The van der Waals surface area contributed by atoms with Crippen molar-refractivity contribution in [1.29, 1.82) is 0 Å². The van der Waals surface area contributed by atoms with E-state index in [1.165, 1.54) is 0 Å². The molecule has 96 valence electrons. The Hall–Kier alpha value is -0.240. The molecule has 0 saturated carbocycles. The molecule has 0 amide bonds. The van der Waals surface area contributed by atoms with E-state index in [1.54, 1.807) is 13.8 Å². The van der Waals surface area contributed by atoms with Gasteiger partial charge in [-0.1, -0.05) is 0 Å². The van der Waals surface area contributed by atoms with Crippen LogP contribution in [-0.4, -0.2) is 61.4 Å². The molecule has 0 radical (unpaired) electrons. The number of rotatable bonds is 6. The smallest absolute Gasteiger partial charge is 0.216 e. The van der Waals surface area contributed by atoms with Crippen molar-refractivity contribution >= 4 is 0 Å². The Morgan fingerprint density at radius 3 is 1.50 bits per heavy atom. The van der Waals surface area contributed by atoms with Gasteiger partial charge in [-0.15, -0.1) is 0 Å². The summed E-state index contributed by atoms with van der Waals surface area (Å²) in [7, 11) is 0. The molecule has 1 aliphatic rings. The Balaban J connectivity index is 2.59. The molecule has 6 nitrogen and oxygen atoms in total. The van der Waals surface area contributed by atoms with Crippen LogP contribution in [0.4, 0.5) is 0 Å². The summed E-state index contributed by atoms with van der Waals surface area (Å²) in [6, 6.07) is 0. The van der Waals surface area contributed by atoms with E-state index >= 15 is 0 Å². The minimum atomic E-state index is -1.13. The van der Waals surface area contributed by atoms with Gasteiger partial charge in [0.05, 0.1) is 13.2 Å². The van der Waals surface area contributed by atoms with Crippen LogP contribution in [0.2, 0.25) is 0 Å². The number of ether oxygens (including phenoxy) is 4. The van der Waals surface area contributed by atoms with E-state index in [2.05, 4.69) is 0 Å². The van der Waals surface area contributed by atoms with Crippen molar-refractivity contribution in [3.8, 4) is 0 Å². The van der Waals surface area contributed by atoms with Crippen LogP contribution in [0, 0.1) is 0 Å². The van der Waals surface area contributed by atoms with Gasteiger partial charge in [0.25, 0.3) is 0 Å². The summed E-state index contributed by atoms with van der Waals surface area (Å²) in [5.74, 6) is -2.27. The Bertz CT molecular complexity index is 177. The van der Waals surface area contributed by atoms with Gasteiger partial charge in [0.15, 0.2) is 0 Å². The molecule has 0 aromatic rings. The molecule has 2 atom stereocenters. The number of aliphatic hydroxyl groups excluding tert-OH is 2. The predicted molar refractivity (Wildman–Crippen MR) is 54.8 cm³/mol. The number of hydrogen-bond donors (Lipinski definition) is 2. The van der Waals surface area contributed by atoms with E-state index in [1.807, 2.05) is 0 Å². The van der Waals surface area contributed by atoms with Crippen molar-refractivity contribution < 1.29 is 29.2 Å². The molecule has 16 heavy (non-hydrogen) atoms. The standard InChI is InChI=1S/C10H20O6/c1-3-13-9(5-11)7-16-10(6-12,8-15-9)14-4-2/h11-12H,3-8H2,1-2H3/t9-,10-/m0/s1. The van der Waals surface area contributed by atoms with Crippen molar-refractivity contribution in [3.05, 3.63) is 0 Å². The third-order valence-corrected chi connectivity index (χ3v) is 2.41. The maximum absolute atomic E-state index is 9.21. The van der Waals surface area contributed by atoms with Crippen LogP contribution in [0.1, 0.15) is 13.8 Å². The second-order valence-corrected chi connectivity index (χ2v) is 3.58. The normalized spacial score (nSPS) is 35.2. The van der Waals surface area contributed by atoms with Gasteiger partial charge >= 0.3 is 0 Å². The highest BCUT2D eigenvalue weighted by Gasteiger charge is 2.45. The molecular weight excluding hydrogens is 216 g/mol. The van der Waals surface area contributed by atoms with Crippen molar-refractivity contribution in [2.24, 2.45) is 0 Å². The SMILES string of the molecule is CCO[C@]1(CO)CO[C@](CO)(OCC)CO1. The molecule has 1 saturated heterocycles. The first-order valence-electron chi connectivity index (χ1n) is 5.43. The van der Waals surface area contributed by atoms with Crippen LogP contribution in [0.5, 0.6) is 0 Å². The fourth-order valence-corrected chi connectivity index (χ4v) is 1.53. The lowest BCUT2D eigenvalue weighted by atomic mass is 10.2. The summed E-state index contributed by atoms with van der Waals surface area (Å²) in [6.07, 6.45) is 0. The fraction of sp³-hybridized carbons (Fsp3) is 1.00. The first kappa shape index (κ1) is 13.8. The van der Waals surface area contributed by atoms with Gasteiger partial charge < -0.3 is 29.2 Å². The molecule has 0 bridgehead atoms. The number of hydrogen-bond acceptors (Lipinski definition) is 6. The second kappa shape index (κ2) is 5.90. The van der Waals surface area contributed by atoms with Crippen molar-refractivity contribution in [1.82, 2.24) is 0 Å². The van der Waals surface area contributed by atoms with Crippen LogP contribution < -0.4 is 0 Å². The molecule has 0 aromatic carbocycles. The quantitative estimate of drug-likeness (QED) is 0.646. The molecular formula is C10H20O6. The summed E-state index contributed by atoms with van der Waals surface area (Å²) in [5.41, 5.74) is 0. The van der Waals surface area contributed by atoms with Crippen LogP contribution in [-0.2, 0) is 18.9 Å². The van der Waals surface area contributed by atoms with Gasteiger partial charge in [-0.25, -0.2) is 0 Å². The molecule has 1 heterocycles. The molecule has 0 aliphatic carbocycles. The van der Waals surface area contributed by atoms with Gasteiger partial charge in [-0.2, -0.15) is 0 Å². The Morgan fingerprint density at radius 1 is 0.938 bits per heavy atom. The summed E-state index contributed by atoms with van der Waals surface area (Å²) >= 11 is 0. The maximum atomic E-state index is 9.21. The lowest BCUT2D eigenvalue weighted by Crippen LogP contribution is -2.59. The highest BCUT2D eigenvalue weighted by atomic mass is 16.8. The third-order valence-electron chi connectivity index (χ3n) is 2.41. The van der Waals surface area contributed by atoms with Crippen molar-refractivity contribution in [3.63, 3.8) is 0 Å².